The van der Waals surface area contributed by atoms with Crippen LogP contribution < -0.4 is 16.0 Å². The molecular weight excluding hydrogens is 372 g/mol. The first kappa shape index (κ1) is 20.5. The van der Waals surface area contributed by atoms with Crippen molar-refractivity contribution < 1.29 is 9.59 Å². The highest BCUT2D eigenvalue weighted by molar-refractivity contribution is 8.00. The average Bonchev–Trinajstić information content (AvgIpc) is 3.18. The number of thioether (sulfide) groups is 1. The molecule has 8 atom stereocenters. The van der Waals surface area contributed by atoms with Crippen molar-refractivity contribution in [2.24, 2.45) is 29.6 Å². The van der Waals surface area contributed by atoms with Gasteiger partial charge in [0.2, 0.25) is 11.8 Å². The summed E-state index contributed by atoms with van der Waals surface area (Å²) in [5, 5.41) is 10.1. The first-order chi connectivity index (χ1) is 13.4. The van der Waals surface area contributed by atoms with E-state index < -0.39 is 0 Å². The van der Waals surface area contributed by atoms with Gasteiger partial charge in [-0.05, 0) is 56.8 Å². The molecule has 4 fully saturated rings. The van der Waals surface area contributed by atoms with Crippen LogP contribution in [-0.2, 0) is 9.59 Å². The minimum Gasteiger partial charge on any atom is -0.342 e. The number of hydrogen-bond acceptors (Lipinski definition) is 5. The molecule has 4 aliphatic rings. The zero-order valence-corrected chi connectivity index (χ0v) is 18.3. The molecule has 0 aromatic heterocycles. The van der Waals surface area contributed by atoms with Crippen LogP contribution in [0.15, 0.2) is 0 Å². The van der Waals surface area contributed by atoms with Crippen LogP contribution in [0.4, 0.5) is 0 Å². The smallest absolute Gasteiger partial charge is 0.225 e. The molecule has 4 rings (SSSR count). The number of likely N-dealkylation sites (tertiary alicyclic amines) is 1. The number of nitrogens with zero attached hydrogens (tertiary/aromatic N) is 1. The van der Waals surface area contributed by atoms with Gasteiger partial charge in [-0.3, -0.25) is 14.9 Å². The molecule has 158 valence electrons. The van der Waals surface area contributed by atoms with Gasteiger partial charge in [-0.25, -0.2) is 0 Å². The van der Waals surface area contributed by atoms with E-state index >= 15 is 0 Å². The average molecular weight is 409 g/mol. The Kier molecular flexibility index (Phi) is 6.23. The fraction of sp³-hybridized carbons (Fsp3) is 0.905. The van der Waals surface area contributed by atoms with Crippen molar-refractivity contribution in [3.05, 3.63) is 0 Å². The van der Waals surface area contributed by atoms with E-state index in [1.807, 2.05) is 11.9 Å². The number of carbonyl (C=O) groups is 2. The van der Waals surface area contributed by atoms with Gasteiger partial charge in [0.15, 0.2) is 0 Å². The summed E-state index contributed by atoms with van der Waals surface area (Å²) in [4.78, 5) is 28.2. The monoisotopic (exact) mass is 408 g/mol. The van der Waals surface area contributed by atoms with E-state index in [0.717, 1.165) is 50.9 Å². The van der Waals surface area contributed by atoms with E-state index in [1.54, 1.807) is 11.8 Å². The molecule has 0 aromatic carbocycles. The molecule has 8 unspecified atom stereocenters. The number of hydrogen-bond donors (Lipinski definition) is 3. The number of nitrogens with one attached hydrogen (secondary N) is 3. The SMILES string of the molecule is CC1CC2C(CN1)CC(C1CC(C(=O)NC3NCCS3)CCC1C)C(=O)N2C. The van der Waals surface area contributed by atoms with Crippen LogP contribution in [0.3, 0.4) is 0 Å². The Hall–Kier alpha value is -0.790. The lowest BCUT2D eigenvalue weighted by Gasteiger charge is -2.50. The summed E-state index contributed by atoms with van der Waals surface area (Å²) in [5.41, 5.74) is 0.0591. The number of carbonyl (C=O) groups excluding carboxylic acids is 2. The maximum Gasteiger partial charge on any atom is 0.225 e. The van der Waals surface area contributed by atoms with Gasteiger partial charge < -0.3 is 15.5 Å². The Morgan fingerprint density at radius 1 is 1.18 bits per heavy atom. The summed E-state index contributed by atoms with van der Waals surface area (Å²) in [7, 11) is 2.00. The lowest BCUT2D eigenvalue weighted by molar-refractivity contribution is -0.149. The standard InChI is InChI=1S/C21H36N4O2S/c1-12-4-5-14(19(26)24-21-22-6-7-28-21)9-16(12)17-10-15-11-23-13(2)8-18(15)25(3)20(17)27/h12-18,21-23H,4-11H2,1-3H3,(H,24,26). The zero-order chi connectivity index (χ0) is 19.8. The third kappa shape index (κ3) is 4.08. The third-order valence-electron chi connectivity index (χ3n) is 7.72. The van der Waals surface area contributed by atoms with Crippen LogP contribution in [-0.4, -0.2) is 60.2 Å². The van der Waals surface area contributed by atoms with Crippen LogP contribution in [0.5, 0.6) is 0 Å². The van der Waals surface area contributed by atoms with Gasteiger partial charge in [0.05, 0.1) is 0 Å². The van der Waals surface area contributed by atoms with Crippen LogP contribution in [0, 0.1) is 29.6 Å². The molecule has 0 bridgehead atoms. The van der Waals surface area contributed by atoms with Gasteiger partial charge >= 0.3 is 0 Å². The third-order valence-corrected chi connectivity index (χ3v) is 8.78. The van der Waals surface area contributed by atoms with E-state index in [2.05, 4.69) is 29.8 Å². The van der Waals surface area contributed by atoms with Gasteiger partial charge in [0, 0.05) is 49.8 Å². The van der Waals surface area contributed by atoms with E-state index in [0.29, 0.717) is 35.7 Å². The van der Waals surface area contributed by atoms with Crippen LogP contribution in [0.25, 0.3) is 0 Å². The predicted molar refractivity (Wildman–Crippen MR) is 113 cm³/mol. The van der Waals surface area contributed by atoms with E-state index in [1.165, 1.54) is 0 Å². The molecule has 0 spiro atoms. The van der Waals surface area contributed by atoms with Crippen molar-refractivity contribution in [1.29, 1.82) is 0 Å². The van der Waals surface area contributed by atoms with Crippen LogP contribution in [0.2, 0.25) is 0 Å². The highest BCUT2D eigenvalue weighted by Crippen LogP contribution is 2.44. The summed E-state index contributed by atoms with van der Waals surface area (Å²) in [6.07, 6.45) is 4.89. The van der Waals surface area contributed by atoms with E-state index in [4.69, 9.17) is 0 Å². The predicted octanol–water partition coefficient (Wildman–Crippen LogP) is 1.62. The maximum atomic E-state index is 13.3. The van der Waals surface area contributed by atoms with E-state index in [9.17, 15) is 9.59 Å². The van der Waals surface area contributed by atoms with Gasteiger partial charge in [-0.15, -0.1) is 11.8 Å². The second kappa shape index (κ2) is 8.52. The Bertz CT molecular complexity index is 597. The van der Waals surface area contributed by atoms with Gasteiger partial charge in [-0.1, -0.05) is 6.92 Å². The van der Waals surface area contributed by atoms with Crippen molar-refractivity contribution in [2.75, 3.05) is 25.9 Å². The first-order valence-electron chi connectivity index (χ1n) is 11.1. The molecule has 1 aliphatic carbocycles. The second-order valence-electron chi connectivity index (χ2n) is 9.53. The number of amides is 2. The summed E-state index contributed by atoms with van der Waals surface area (Å²) in [5.74, 6) is 3.04. The van der Waals surface area contributed by atoms with Gasteiger partial charge in [-0.2, -0.15) is 0 Å². The van der Waals surface area contributed by atoms with Crippen molar-refractivity contribution in [3.63, 3.8) is 0 Å². The van der Waals surface area contributed by atoms with Gasteiger partial charge in [0.1, 0.15) is 5.50 Å². The second-order valence-corrected chi connectivity index (χ2v) is 10.7. The number of piperidine rings is 2. The minimum absolute atomic E-state index is 0.0459. The zero-order valence-electron chi connectivity index (χ0n) is 17.4. The Morgan fingerprint density at radius 2 is 2.00 bits per heavy atom. The van der Waals surface area contributed by atoms with Crippen LogP contribution in [0.1, 0.15) is 46.0 Å². The van der Waals surface area contributed by atoms with Crippen molar-refractivity contribution in [1.82, 2.24) is 20.9 Å². The van der Waals surface area contributed by atoms with Gasteiger partial charge in [0.25, 0.3) is 0 Å². The lowest BCUT2D eigenvalue weighted by Crippen LogP contribution is -2.60. The fourth-order valence-corrected chi connectivity index (χ4v) is 6.88. The molecule has 0 aromatic rings. The molecule has 3 N–H and O–H groups in total. The fourth-order valence-electron chi connectivity index (χ4n) is 5.97. The summed E-state index contributed by atoms with van der Waals surface area (Å²) < 4.78 is 0. The van der Waals surface area contributed by atoms with Crippen molar-refractivity contribution in [3.8, 4) is 0 Å². The topological polar surface area (TPSA) is 73.5 Å². The molecule has 1 saturated carbocycles. The van der Waals surface area contributed by atoms with Crippen molar-refractivity contribution >= 4 is 23.6 Å². The number of rotatable bonds is 3. The first-order valence-corrected chi connectivity index (χ1v) is 12.1. The quantitative estimate of drug-likeness (QED) is 0.662. The summed E-state index contributed by atoms with van der Waals surface area (Å²) in [6, 6.07) is 0.861. The van der Waals surface area contributed by atoms with Crippen LogP contribution >= 0.6 is 11.8 Å². The number of fused-ring (bicyclic) bond motifs is 1. The molecule has 7 heteroatoms. The van der Waals surface area contributed by atoms with E-state index in [-0.39, 0.29) is 23.2 Å². The molecule has 3 saturated heterocycles. The van der Waals surface area contributed by atoms with Crippen molar-refractivity contribution in [2.45, 2.75) is 63.5 Å². The molecule has 3 aliphatic heterocycles. The Balaban J connectivity index is 1.43. The highest BCUT2D eigenvalue weighted by atomic mass is 32.2. The molecule has 2 amide bonds. The molecule has 0 radical (unpaired) electrons. The molecule has 28 heavy (non-hydrogen) atoms. The molecule has 6 nitrogen and oxygen atoms in total. The minimum atomic E-state index is 0.0459. The maximum absolute atomic E-state index is 13.3. The lowest BCUT2D eigenvalue weighted by atomic mass is 9.64. The molecule has 3 heterocycles. The largest absolute Gasteiger partial charge is 0.342 e. The Morgan fingerprint density at radius 3 is 2.75 bits per heavy atom. The highest BCUT2D eigenvalue weighted by Gasteiger charge is 2.47. The Labute approximate surface area is 173 Å². The summed E-state index contributed by atoms with van der Waals surface area (Å²) in [6.45, 7) is 6.46. The normalized spacial score (nSPS) is 44.2. The molecular formula is C21H36N4O2S. The summed E-state index contributed by atoms with van der Waals surface area (Å²) >= 11 is 1.77.